The average Bonchev–Trinajstić information content (AvgIpc) is 2.56. The molecule has 1 amide bonds. The fourth-order valence-corrected chi connectivity index (χ4v) is 3.27. The molecule has 25 heavy (non-hydrogen) atoms. The Morgan fingerprint density at radius 1 is 1.20 bits per heavy atom. The van der Waals surface area contributed by atoms with Gasteiger partial charge in [0.05, 0.1) is 12.5 Å². The van der Waals surface area contributed by atoms with Crippen LogP contribution in [0.2, 0.25) is 0 Å². The fourth-order valence-electron chi connectivity index (χ4n) is 2.60. The van der Waals surface area contributed by atoms with Gasteiger partial charge in [0.25, 0.3) is 0 Å². The molecule has 1 aliphatic heterocycles. The number of amides is 1. The van der Waals surface area contributed by atoms with Gasteiger partial charge in [0.15, 0.2) is 11.5 Å². The Morgan fingerprint density at radius 2 is 1.80 bits per heavy atom. The van der Waals surface area contributed by atoms with Gasteiger partial charge in [0.2, 0.25) is 5.91 Å². The van der Waals surface area contributed by atoms with Crippen LogP contribution in [0.1, 0.15) is 24.1 Å². The number of nitrogens with one attached hydrogen (secondary N) is 1. The third kappa shape index (κ3) is 4.80. The first-order chi connectivity index (χ1) is 11.5. The molecule has 0 spiro atoms. The van der Waals surface area contributed by atoms with Crippen LogP contribution < -0.4 is 20.5 Å². The summed E-state index contributed by atoms with van der Waals surface area (Å²) in [5.74, 6) is 1.38. The Balaban J connectivity index is 0.00000225. The van der Waals surface area contributed by atoms with E-state index in [0.29, 0.717) is 31.1 Å². The van der Waals surface area contributed by atoms with Gasteiger partial charge in [-0.15, -0.1) is 12.4 Å². The summed E-state index contributed by atoms with van der Waals surface area (Å²) in [7, 11) is 0. The number of benzene rings is 2. The van der Waals surface area contributed by atoms with Gasteiger partial charge in [-0.25, -0.2) is 0 Å². The largest absolute Gasteiger partial charge is 0.486 e. The highest BCUT2D eigenvalue weighted by Gasteiger charge is 2.19. The molecule has 0 saturated heterocycles. The first kappa shape index (κ1) is 19.4. The molecule has 0 bridgehead atoms. The number of carbonyl (C=O) groups is 1. The summed E-state index contributed by atoms with van der Waals surface area (Å²) < 4.78 is 12.0. The highest BCUT2D eigenvalue weighted by molar-refractivity contribution is 9.10. The van der Waals surface area contributed by atoms with Crippen molar-refractivity contribution in [3.63, 3.8) is 0 Å². The van der Waals surface area contributed by atoms with E-state index in [1.807, 2.05) is 31.2 Å². The first-order valence-corrected chi connectivity index (χ1v) is 8.55. The number of nitrogen functional groups attached to an aromatic ring is 1. The summed E-state index contributed by atoms with van der Waals surface area (Å²) in [5.41, 5.74) is 8.22. The van der Waals surface area contributed by atoms with Crippen molar-refractivity contribution in [2.45, 2.75) is 19.4 Å². The number of nitrogens with two attached hydrogens (primary N) is 1. The van der Waals surface area contributed by atoms with Crippen molar-refractivity contribution in [2.24, 2.45) is 0 Å². The zero-order valence-corrected chi connectivity index (χ0v) is 16.2. The fraction of sp³-hybridized carbons (Fsp3) is 0.278. The molecule has 1 unspecified atom stereocenters. The lowest BCUT2D eigenvalue weighted by Gasteiger charge is -2.22. The van der Waals surface area contributed by atoms with Crippen LogP contribution in [0.5, 0.6) is 11.5 Å². The van der Waals surface area contributed by atoms with Crippen LogP contribution in [0, 0.1) is 0 Å². The zero-order valence-electron chi connectivity index (χ0n) is 13.8. The number of hydrogen-bond acceptors (Lipinski definition) is 4. The maximum absolute atomic E-state index is 12.3. The van der Waals surface area contributed by atoms with E-state index in [-0.39, 0.29) is 24.4 Å². The Bertz CT molecular complexity index is 753. The Morgan fingerprint density at radius 3 is 2.44 bits per heavy atom. The third-order valence-electron chi connectivity index (χ3n) is 3.85. The van der Waals surface area contributed by atoms with Crippen LogP contribution >= 0.6 is 28.3 Å². The predicted octanol–water partition coefficient (Wildman–Crippen LogP) is 3.64. The van der Waals surface area contributed by atoms with Crippen LogP contribution in [-0.2, 0) is 11.2 Å². The van der Waals surface area contributed by atoms with Crippen LogP contribution in [0.3, 0.4) is 0 Å². The van der Waals surface area contributed by atoms with E-state index in [1.165, 1.54) is 0 Å². The van der Waals surface area contributed by atoms with Crippen LogP contribution in [-0.4, -0.2) is 19.1 Å². The number of hydrogen-bond donors (Lipinski definition) is 2. The Kier molecular flexibility index (Phi) is 6.56. The molecule has 1 atom stereocenters. The minimum Gasteiger partial charge on any atom is -0.486 e. The van der Waals surface area contributed by atoms with E-state index in [4.69, 9.17) is 15.2 Å². The minimum atomic E-state index is -0.156. The molecule has 1 aliphatic rings. The van der Waals surface area contributed by atoms with Gasteiger partial charge in [-0.3, -0.25) is 4.79 Å². The van der Waals surface area contributed by atoms with Gasteiger partial charge in [0.1, 0.15) is 13.2 Å². The lowest BCUT2D eigenvalue weighted by Crippen LogP contribution is -2.28. The van der Waals surface area contributed by atoms with Crippen LogP contribution in [0.4, 0.5) is 5.69 Å². The lowest BCUT2D eigenvalue weighted by molar-refractivity contribution is -0.121. The quantitative estimate of drug-likeness (QED) is 0.731. The van der Waals surface area contributed by atoms with Gasteiger partial charge in [-0.2, -0.15) is 0 Å². The normalized spacial score (nSPS) is 13.5. The molecule has 0 radical (unpaired) electrons. The minimum absolute atomic E-state index is 0. The molecule has 7 heteroatoms. The smallest absolute Gasteiger partial charge is 0.224 e. The summed E-state index contributed by atoms with van der Waals surface area (Å²) in [6.45, 7) is 3.02. The SMILES string of the molecule is CC(NC(=O)Cc1ccc(N)cc1)c1cc2c(cc1Br)OCCO2.Cl. The van der Waals surface area contributed by atoms with E-state index in [9.17, 15) is 4.79 Å². The summed E-state index contributed by atoms with van der Waals surface area (Å²) >= 11 is 3.54. The highest BCUT2D eigenvalue weighted by Crippen LogP contribution is 2.37. The molecule has 3 rings (SSSR count). The monoisotopic (exact) mass is 426 g/mol. The molecule has 2 aromatic carbocycles. The Labute approximate surface area is 161 Å². The van der Waals surface area contributed by atoms with Crippen molar-refractivity contribution in [3.05, 3.63) is 52.0 Å². The number of ether oxygens (including phenoxy) is 2. The van der Waals surface area contributed by atoms with E-state index in [2.05, 4.69) is 21.2 Å². The van der Waals surface area contributed by atoms with Crippen molar-refractivity contribution in [1.29, 1.82) is 0 Å². The highest BCUT2D eigenvalue weighted by atomic mass is 79.9. The summed E-state index contributed by atoms with van der Waals surface area (Å²) in [6.07, 6.45) is 0.312. The second-order valence-electron chi connectivity index (χ2n) is 5.72. The number of fused-ring (bicyclic) bond motifs is 1. The number of anilines is 1. The molecule has 1 heterocycles. The second-order valence-corrected chi connectivity index (χ2v) is 6.58. The molecule has 2 aromatic rings. The van der Waals surface area contributed by atoms with Crippen LogP contribution in [0.25, 0.3) is 0 Å². The zero-order chi connectivity index (χ0) is 17.1. The molecule has 5 nitrogen and oxygen atoms in total. The van der Waals surface area contributed by atoms with Gasteiger partial charge in [-0.05, 0) is 42.3 Å². The van der Waals surface area contributed by atoms with E-state index >= 15 is 0 Å². The van der Waals surface area contributed by atoms with Gasteiger partial charge < -0.3 is 20.5 Å². The average molecular weight is 428 g/mol. The van der Waals surface area contributed by atoms with Gasteiger partial charge in [0, 0.05) is 10.2 Å². The first-order valence-electron chi connectivity index (χ1n) is 7.76. The second kappa shape index (κ2) is 8.45. The summed E-state index contributed by atoms with van der Waals surface area (Å²) in [4.78, 5) is 12.3. The molecule has 0 aromatic heterocycles. The van der Waals surface area contributed by atoms with Crippen molar-refractivity contribution >= 4 is 39.9 Å². The van der Waals surface area contributed by atoms with E-state index in [0.717, 1.165) is 21.3 Å². The predicted molar refractivity (Wildman–Crippen MR) is 103 cm³/mol. The number of rotatable bonds is 4. The number of halogens is 2. The Hall–Kier alpha value is -1.92. The summed E-state index contributed by atoms with van der Waals surface area (Å²) in [5, 5.41) is 3.01. The van der Waals surface area contributed by atoms with E-state index in [1.54, 1.807) is 12.1 Å². The van der Waals surface area contributed by atoms with E-state index < -0.39 is 0 Å². The molecule has 134 valence electrons. The molecule has 3 N–H and O–H groups in total. The van der Waals surface area contributed by atoms with Crippen molar-refractivity contribution in [3.8, 4) is 11.5 Å². The molecule has 0 fully saturated rings. The van der Waals surface area contributed by atoms with Crippen molar-refractivity contribution in [2.75, 3.05) is 18.9 Å². The maximum Gasteiger partial charge on any atom is 0.224 e. The topological polar surface area (TPSA) is 73.6 Å². The van der Waals surface area contributed by atoms with Crippen LogP contribution in [0.15, 0.2) is 40.9 Å². The molecular formula is C18H20BrClN2O3. The molecular weight excluding hydrogens is 408 g/mol. The van der Waals surface area contributed by atoms with Crippen molar-refractivity contribution < 1.29 is 14.3 Å². The molecule has 0 aliphatic carbocycles. The lowest BCUT2D eigenvalue weighted by atomic mass is 10.1. The standard InChI is InChI=1S/C18H19BrN2O3.ClH/c1-11(21-18(22)8-12-2-4-13(20)5-3-12)14-9-16-17(10-15(14)19)24-7-6-23-16;/h2-5,9-11H,6-8,20H2,1H3,(H,21,22);1H. The third-order valence-corrected chi connectivity index (χ3v) is 4.54. The molecule has 0 saturated carbocycles. The maximum atomic E-state index is 12.3. The van der Waals surface area contributed by atoms with Gasteiger partial charge in [-0.1, -0.05) is 28.1 Å². The number of carbonyl (C=O) groups excluding carboxylic acids is 1. The van der Waals surface area contributed by atoms with Crippen molar-refractivity contribution in [1.82, 2.24) is 5.32 Å². The van der Waals surface area contributed by atoms with Gasteiger partial charge >= 0.3 is 0 Å². The summed E-state index contributed by atoms with van der Waals surface area (Å²) in [6, 6.07) is 10.9.